The predicted octanol–water partition coefficient (Wildman–Crippen LogP) is 1.08. The Hall–Kier alpha value is -0.890. The van der Waals surface area contributed by atoms with E-state index in [9.17, 15) is 5.11 Å². The summed E-state index contributed by atoms with van der Waals surface area (Å²) in [6.07, 6.45) is 0.534. The van der Waals surface area contributed by atoms with Crippen LogP contribution in [0, 0.1) is 5.41 Å². The van der Waals surface area contributed by atoms with E-state index in [0.29, 0.717) is 29.5 Å². The molecule has 0 amide bonds. The van der Waals surface area contributed by atoms with Gasteiger partial charge in [0.1, 0.15) is 21.4 Å². The number of rotatable bonds is 2. The molecule has 0 bridgehead atoms. The minimum absolute atomic E-state index is 0.0677. The lowest BCUT2D eigenvalue weighted by molar-refractivity contribution is 0.124. The van der Waals surface area contributed by atoms with Crippen molar-refractivity contribution < 1.29 is 5.11 Å². The highest BCUT2D eigenvalue weighted by Gasteiger charge is 2.58. The SMILES string of the molecule is [B]c1c([B])c2c(c(O)c1CCN)C(C)(C)C(C)(C)C2(C)C. The molecule has 0 unspecified atom stereocenters. The molecule has 110 valence electrons. The lowest BCUT2D eigenvalue weighted by Gasteiger charge is -2.44. The summed E-state index contributed by atoms with van der Waals surface area (Å²) in [5.41, 5.74) is 8.92. The van der Waals surface area contributed by atoms with Crippen molar-refractivity contribution in [3.8, 4) is 5.75 Å². The van der Waals surface area contributed by atoms with Crippen LogP contribution in [-0.4, -0.2) is 27.3 Å². The van der Waals surface area contributed by atoms with Crippen LogP contribution in [0.1, 0.15) is 58.2 Å². The Balaban J connectivity index is 2.95. The molecule has 1 aliphatic carbocycles. The van der Waals surface area contributed by atoms with Crippen molar-refractivity contribution in [1.29, 1.82) is 0 Å². The molecular weight excluding hydrogens is 256 g/mol. The van der Waals surface area contributed by atoms with E-state index in [0.717, 1.165) is 11.1 Å². The molecule has 0 aliphatic heterocycles. The van der Waals surface area contributed by atoms with Gasteiger partial charge in [0.05, 0.1) is 0 Å². The standard InChI is InChI=1S/C17H25B2NO/c1-15(2)10-11(16(3,4)17(15,5)6)14(21)9(7-8-20)12(18)13(10)19/h21H,7-8,20H2,1-6H3. The first-order valence-electron chi connectivity index (χ1n) is 7.56. The second-order valence-corrected chi connectivity index (χ2v) is 7.82. The highest BCUT2D eigenvalue weighted by atomic mass is 16.3. The summed E-state index contributed by atoms with van der Waals surface area (Å²) >= 11 is 0. The van der Waals surface area contributed by atoms with E-state index >= 15 is 0 Å². The van der Waals surface area contributed by atoms with Crippen LogP contribution in [0.5, 0.6) is 5.75 Å². The van der Waals surface area contributed by atoms with E-state index < -0.39 is 0 Å². The van der Waals surface area contributed by atoms with E-state index in [1.54, 1.807) is 0 Å². The van der Waals surface area contributed by atoms with Gasteiger partial charge in [0.15, 0.2) is 0 Å². The number of hydrogen-bond donors (Lipinski definition) is 2. The quantitative estimate of drug-likeness (QED) is 0.797. The highest BCUT2D eigenvalue weighted by molar-refractivity contribution is 6.50. The number of nitrogens with two attached hydrogens (primary N) is 1. The normalized spacial score (nSPS) is 21.3. The van der Waals surface area contributed by atoms with Gasteiger partial charge in [-0.3, -0.25) is 0 Å². The lowest BCUT2D eigenvalue weighted by Crippen LogP contribution is -2.44. The largest absolute Gasteiger partial charge is 0.507 e. The Morgan fingerprint density at radius 2 is 1.38 bits per heavy atom. The zero-order valence-electron chi connectivity index (χ0n) is 14.1. The van der Waals surface area contributed by atoms with Gasteiger partial charge in [-0.25, -0.2) is 0 Å². The fourth-order valence-electron chi connectivity index (χ4n) is 3.89. The fourth-order valence-corrected chi connectivity index (χ4v) is 3.89. The molecule has 0 spiro atoms. The van der Waals surface area contributed by atoms with E-state index in [1.165, 1.54) is 0 Å². The third kappa shape index (κ3) is 1.78. The van der Waals surface area contributed by atoms with Gasteiger partial charge in [0, 0.05) is 5.56 Å². The van der Waals surface area contributed by atoms with Crippen LogP contribution in [0.3, 0.4) is 0 Å². The van der Waals surface area contributed by atoms with Crippen LogP contribution < -0.4 is 16.7 Å². The first-order valence-corrected chi connectivity index (χ1v) is 7.56. The van der Waals surface area contributed by atoms with Crippen molar-refractivity contribution in [3.63, 3.8) is 0 Å². The third-order valence-electron chi connectivity index (χ3n) is 6.43. The number of phenols is 1. The lowest BCUT2D eigenvalue weighted by atomic mass is 9.58. The van der Waals surface area contributed by atoms with Crippen molar-refractivity contribution in [2.75, 3.05) is 6.54 Å². The van der Waals surface area contributed by atoms with Crippen molar-refractivity contribution in [2.45, 2.75) is 58.8 Å². The Bertz CT molecular complexity index is 604. The monoisotopic (exact) mass is 281 g/mol. The molecule has 2 rings (SSSR count). The van der Waals surface area contributed by atoms with Crippen molar-refractivity contribution in [1.82, 2.24) is 0 Å². The summed E-state index contributed by atoms with van der Waals surface area (Å²) < 4.78 is 0. The maximum absolute atomic E-state index is 10.9. The van der Waals surface area contributed by atoms with Gasteiger partial charge in [0.25, 0.3) is 0 Å². The van der Waals surface area contributed by atoms with Gasteiger partial charge < -0.3 is 10.8 Å². The zero-order chi connectivity index (χ0) is 16.4. The number of aromatic hydroxyl groups is 1. The predicted molar refractivity (Wildman–Crippen MR) is 91.5 cm³/mol. The second-order valence-electron chi connectivity index (χ2n) is 7.82. The highest BCUT2D eigenvalue weighted by Crippen LogP contribution is 2.62. The summed E-state index contributed by atoms with van der Waals surface area (Å²) in [6.45, 7) is 13.6. The van der Waals surface area contributed by atoms with Crippen LogP contribution in [0.25, 0.3) is 0 Å². The molecule has 21 heavy (non-hydrogen) atoms. The minimum Gasteiger partial charge on any atom is -0.507 e. The summed E-state index contributed by atoms with van der Waals surface area (Å²) in [4.78, 5) is 0. The topological polar surface area (TPSA) is 46.2 Å². The first kappa shape index (κ1) is 16.5. The van der Waals surface area contributed by atoms with Crippen LogP contribution in [0.4, 0.5) is 0 Å². The van der Waals surface area contributed by atoms with E-state index in [-0.39, 0.29) is 22.0 Å². The average Bonchev–Trinajstić information content (AvgIpc) is 2.47. The Kier molecular flexibility index (Phi) is 3.57. The van der Waals surface area contributed by atoms with E-state index in [1.807, 2.05) is 0 Å². The molecule has 0 saturated heterocycles. The van der Waals surface area contributed by atoms with Gasteiger partial charge in [-0.05, 0) is 40.3 Å². The smallest absolute Gasteiger partial charge is 0.122 e. The van der Waals surface area contributed by atoms with Gasteiger partial charge in [-0.2, -0.15) is 0 Å². The van der Waals surface area contributed by atoms with Crippen molar-refractivity contribution >= 4 is 26.6 Å². The van der Waals surface area contributed by atoms with Gasteiger partial charge >= 0.3 is 0 Å². The molecule has 0 saturated carbocycles. The van der Waals surface area contributed by atoms with Gasteiger partial charge in [-0.15, -0.1) is 0 Å². The molecular formula is C17H25B2NO. The van der Waals surface area contributed by atoms with Crippen LogP contribution in [-0.2, 0) is 17.3 Å². The molecule has 0 atom stereocenters. The number of benzene rings is 1. The second kappa shape index (κ2) is 4.55. The Morgan fingerprint density at radius 3 is 1.86 bits per heavy atom. The van der Waals surface area contributed by atoms with E-state index in [2.05, 4.69) is 41.5 Å². The number of phenolic OH excluding ortho intramolecular Hbond substituents is 1. The average molecular weight is 281 g/mol. The molecule has 3 N–H and O–H groups in total. The minimum atomic E-state index is -0.207. The number of fused-ring (bicyclic) bond motifs is 1. The van der Waals surface area contributed by atoms with Crippen molar-refractivity contribution in [2.24, 2.45) is 11.1 Å². The maximum Gasteiger partial charge on any atom is 0.122 e. The molecule has 4 heteroatoms. The maximum atomic E-state index is 10.9. The summed E-state index contributed by atoms with van der Waals surface area (Å²) in [5.74, 6) is 0.283. The molecule has 1 aliphatic rings. The van der Waals surface area contributed by atoms with E-state index in [4.69, 9.17) is 21.4 Å². The summed E-state index contributed by atoms with van der Waals surface area (Å²) in [7, 11) is 12.6. The zero-order valence-corrected chi connectivity index (χ0v) is 14.1. The molecule has 4 radical (unpaired) electrons. The molecule has 0 fully saturated rings. The summed E-state index contributed by atoms with van der Waals surface area (Å²) in [6, 6.07) is 0. The van der Waals surface area contributed by atoms with Crippen LogP contribution in [0.2, 0.25) is 0 Å². The summed E-state index contributed by atoms with van der Waals surface area (Å²) in [5, 5.41) is 10.9. The van der Waals surface area contributed by atoms with Crippen LogP contribution in [0.15, 0.2) is 0 Å². The molecule has 1 aromatic rings. The fraction of sp³-hybridized carbons (Fsp3) is 0.647. The molecule has 0 aromatic heterocycles. The molecule has 1 aromatic carbocycles. The third-order valence-corrected chi connectivity index (χ3v) is 6.43. The Morgan fingerprint density at radius 1 is 0.905 bits per heavy atom. The van der Waals surface area contributed by atoms with Crippen molar-refractivity contribution in [3.05, 3.63) is 16.7 Å². The molecule has 0 heterocycles. The Labute approximate surface area is 131 Å². The molecule has 2 nitrogen and oxygen atoms in total. The van der Waals surface area contributed by atoms with Gasteiger partial charge in [0.2, 0.25) is 0 Å². The van der Waals surface area contributed by atoms with Gasteiger partial charge in [-0.1, -0.05) is 52.5 Å². The van der Waals surface area contributed by atoms with Crippen LogP contribution >= 0.6 is 0 Å². The first-order chi connectivity index (χ1) is 9.42. The number of hydrogen-bond acceptors (Lipinski definition) is 2.